The highest BCUT2D eigenvalue weighted by Crippen LogP contribution is 2.29. The van der Waals surface area contributed by atoms with Gasteiger partial charge in [0.2, 0.25) is 5.28 Å². The van der Waals surface area contributed by atoms with Crippen LogP contribution in [0, 0.1) is 0 Å². The Kier molecular flexibility index (Phi) is 4.18. The first-order chi connectivity index (χ1) is 12.3. The number of halogens is 1. The molecule has 7 heteroatoms. The van der Waals surface area contributed by atoms with Crippen molar-refractivity contribution in [1.29, 1.82) is 0 Å². The molecule has 0 fully saturated rings. The molecule has 0 aromatic carbocycles. The minimum Gasteiger partial charge on any atom is -0.265 e. The van der Waals surface area contributed by atoms with Gasteiger partial charge in [-0.1, -0.05) is 6.07 Å². The fraction of sp³-hybridized carbons (Fsp3) is 0.0556. The van der Waals surface area contributed by atoms with Gasteiger partial charge in [-0.15, -0.1) is 0 Å². The lowest BCUT2D eigenvalue weighted by molar-refractivity contribution is 0.675. The Bertz CT molecular complexity index is 985. The maximum atomic E-state index is 5.96. The Morgan fingerprint density at radius 1 is 0.960 bits per heavy atom. The van der Waals surface area contributed by atoms with Crippen LogP contribution in [0.1, 0.15) is 5.69 Å². The molecule has 4 aromatic rings. The molecule has 122 valence electrons. The van der Waals surface area contributed by atoms with E-state index in [2.05, 4.69) is 19.9 Å². The van der Waals surface area contributed by atoms with Crippen molar-refractivity contribution in [1.82, 2.24) is 29.7 Å². The molecule has 6 nitrogen and oxygen atoms in total. The fourth-order valence-corrected chi connectivity index (χ4v) is 2.70. The van der Waals surface area contributed by atoms with Crippen LogP contribution in [0.4, 0.5) is 0 Å². The molecule has 4 rings (SSSR count). The molecule has 0 aliphatic heterocycles. The molecule has 0 spiro atoms. The van der Waals surface area contributed by atoms with Crippen LogP contribution >= 0.6 is 11.6 Å². The zero-order chi connectivity index (χ0) is 17.1. The van der Waals surface area contributed by atoms with Gasteiger partial charge in [-0.05, 0) is 41.9 Å². The largest absolute Gasteiger partial charge is 0.265 e. The Balaban J connectivity index is 1.81. The lowest BCUT2D eigenvalue weighted by Gasteiger charge is -2.01. The van der Waals surface area contributed by atoms with Crippen LogP contribution < -0.4 is 0 Å². The van der Waals surface area contributed by atoms with E-state index >= 15 is 0 Å². The number of rotatable bonds is 4. The number of pyridine rings is 2. The molecular formula is C18H13ClN6. The lowest BCUT2D eigenvalue weighted by Crippen LogP contribution is -2.01. The third kappa shape index (κ3) is 3.39. The van der Waals surface area contributed by atoms with Gasteiger partial charge in [0.1, 0.15) is 5.69 Å². The molecule has 0 aliphatic carbocycles. The zero-order valence-corrected chi connectivity index (χ0v) is 13.9. The predicted octanol–water partition coefficient (Wildman–Crippen LogP) is 3.50. The quantitative estimate of drug-likeness (QED) is 0.528. The monoisotopic (exact) mass is 348 g/mol. The molecule has 0 unspecified atom stereocenters. The van der Waals surface area contributed by atoms with Gasteiger partial charge in [-0.2, -0.15) is 5.10 Å². The van der Waals surface area contributed by atoms with E-state index < -0.39 is 0 Å². The molecule has 0 saturated carbocycles. The highest BCUT2D eigenvalue weighted by atomic mass is 35.5. The average molecular weight is 349 g/mol. The minimum atomic E-state index is 0.201. The summed E-state index contributed by atoms with van der Waals surface area (Å²) >= 11 is 5.96. The van der Waals surface area contributed by atoms with Crippen molar-refractivity contribution in [3.05, 3.63) is 78.4 Å². The summed E-state index contributed by atoms with van der Waals surface area (Å²) < 4.78 is 1.84. The van der Waals surface area contributed by atoms with Crippen molar-refractivity contribution in [3.63, 3.8) is 0 Å². The molecule has 0 aliphatic rings. The summed E-state index contributed by atoms with van der Waals surface area (Å²) in [5.74, 6) is 0. The summed E-state index contributed by atoms with van der Waals surface area (Å²) in [4.78, 5) is 16.8. The number of nitrogens with zero attached hydrogens (tertiary/aromatic N) is 6. The molecule has 0 saturated heterocycles. The first-order valence-corrected chi connectivity index (χ1v) is 8.04. The summed E-state index contributed by atoms with van der Waals surface area (Å²) in [5.41, 5.74) is 4.21. The van der Waals surface area contributed by atoms with Gasteiger partial charge in [-0.3, -0.25) is 14.6 Å². The van der Waals surface area contributed by atoms with E-state index in [4.69, 9.17) is 16.7 Å². The molecule has 4 heterocycles. The third-order valence-electron chi connectivity index (χ3n) is 3.65. The molecule has 0 radical (unpaired) electrons. The number of hydrogen-bond acceptors (Lipinski definition) is 5. The molecule has 0 amide bonds. The van der Waals surface area contributed by atoms with E-state index in [0.717, 1.165) is 22.5 Å². The van der Waals surface area contributed by atoms with Gasteiger partial charge in [-0.25, -0.2) is 9.97 Å². The average Bonchev–Trinajstić information content (AvgIpc) is 3.07. The Morgan fingerprint density at radius 2 is 1.92 bits per heavy atom. The second-order valence-electron chi connectivity index (χ2n) is 5.36. The first-order valence-electron chi connectivity index (χ1n) is 7.66. The van der Waals surface area contributed by atoms with E-state index in [1.165, 1.54) is 0 Å². The van der Waals surface area contributed by atoms with Crippen LogP contribution in [-0.4, -0.2) is 29.7 Å². The van der Waals surface area contributed by atoms with E-state index in [-0.39, 0.29) is 5.28 Å². The predicted molar refractivity (Wildman–Crippen MR) is 94.8 cm³/mol. The van der Waals surface area contributed by atoms with Crippen molar-refractivity contribution < 1.29 is 0 Å². The summed E-state index contributed by atoms with van der Waals surface area (Å²) in [5, 5.41) is 4.92. The zero-order valence-electron chi connectivity index (χ0n) is 13.1. The number of hydrogen-bond donors (Lipinski definition) is 0. The molecule has 4 aromatic heterocycles. The third-order valence-corrected chi connectivity index (χ3v) is 3.83. The van der Waals surface area contributed by atoms with E-state index in [0.29, 0.717) is 12.2 Å². The smallest absolute Gasteiger partial charge is 0.222 e. The summed E-state index contributed by atoms with van der Waals surface area (Å²) in [6, 6.07) is 11.5. The molecule has 0 bridgehead atoms. The topological polar surface area (TPSA) is 69.4 Å². The first kappa shape index (κ1) is 15.4. The van der Waals surface area contributed by atoms with Gasteiger partial charge in [0, 0.05) is 42.1 Å². The summed E-state index contributed by atoms with van der Waals surface area (Å²) in [6.07, 6.45) is 8.85. The Morgan fingerprint density at radius 3 is 2.68 bits per heavy atom. The van der Waals surface area contributed by atoms with E-state index in [1.807, 2.05) is 47.3 Å². The number of aromatic nitrogens is 6. The van der Waals surface area contributed by atoms with Crippen LogP contribution in [0.5, 0.6) is 0 Å². The maximum absolute atomic E-state index is 5.96. The van der Waals surface area contributed by atoms with Gasteiger partial charge < -0.3 is 0 Å². The van der Waals surface area contributed by atoms with Crippen molar-refractivity contribution in [2.24, 2.45) is 0 Å². The lowest BCUT2D eigenvalue weighted by atomic mass is 10.1. The van der Waals surface area contributed by atoms with Crippen LogP contribution in [0.25, 0.3) is 22.5 Å². The van der Waals surface area contributed by atoms with Gasteiger partial charge >= 0.3 is 0 Å². The van der Waals surface area contributed by atoms with E-state index in [1.54, 1.807) is 24.8 Å². The minimum absolute atomic E-state index is 0.201. The van der Waals surface area contributed by atoms with Crippen LogP contribution in [-0.2, 0) is 6.54 Å². The summed E-state index contributed by atoms with van der Waals surface area (Å²) in [6.45, 7) is 0.562. The van der Waals surface area contributed by atoms with Crippen LogP contribution in [0.3, 0.4) is 0 Å². The Hall–Kier alpha value is -3.12. The SMILES string of the molecule is Clc1nccc(-c2cn(Cc3ccccn3)nc2-c2cccnc2)n1. The van der Waals surface area contributed by atoms with Gasteiger partial charge in [0.05, 0.1) is 17.9 Å². The molecular weight excluding hydrogens is 336 g/mol. The highest BCUT2D eigenvalue weighted by Gasteiger charge is 2.15. The van der Waals surface area contributed by atoms with E-state index in [9.17, 15) is 0 Å². The van der Waals surface area contributed by atoms with Gasteiger partial charge in [0.25, 0.3) is 0 Å². The van der Waals surface area contributed by atoms with Crippen molar-refractivity contribution in [2.75, 3.05) is 0 Å². The molecule has 25 heavy (non-hydrogen) atoms. The second kappa shape index (κ2) is 6.78. The van der Waals surface area contributed by atoms with Crippen LogP contribution in [0.15, 0.2) is 67.4 Å². The van der Waals surface area contributed by atoms with Gasteiger partial charge in [0.15, 0.2) is 0 Å². The highest BCUT2D eigenvalue weighted by molar-refractivity contribution is 6.28. The standard InChI is InChI=1S/C18H13ClN6/c19-18-22-9-6-16(23-18)15-12-25(11-14-5-1-2-8-21-14)24-17(15)13-4-3-7-20-10-13/h1-10,12H,11H2. The molecule has 0 N–H and O–H groups in total. The maximum Gasteiger partial charge on any atom is 0.222 e. The second-order valence-corrected chi connectivity index (χ2v) is 5.70. The molecule has 0 atom stereocenters. The van der Waals surface area contributed by atoms with Crippen LogP contribution in [0.2, 0.25) is 5.28 Å². The fourth-order valence-electron chi connectivity index (χ4n) is 2.55. The van der Waals surface area contributed by atoms with Crippen molar-refractivity contribution in [2.45, 2.75) is 6.54 Å². The Labute approximate surface area is 149 Å². The summed E-state index contributed by atoms with van der Waals surface area (Å²) in [7, 11) is 0. The van der Waals surface area contributed by atoms with Crippen molar-refractivity contribution in [3.8, 4) is 22.5 Å². The van der Waals surface area contributed by atoms with Crippen molar-refractivity contribution >= 4 is 11.6 Å². The normalized spacial score (nSPS) is 10.8.